The number of fused-ring (bicyclic) bond motifs is 1. The van der Waals surface area contributed by atoms with Crippen molar-refractivity contribution in [2.24, 2.45) is 0 Å². The number of H-pyrrole nitrogens is 1. The molecule has 2 heterocycles. The monoisotopic (exact) mass is 288 g/mol. The minimum atomic E-state index is -0.131. The number of nitrogens with zero attached hydrogens (tertiary/aromatic N) is 1. The highest BCUT2D eigenvalue weighted by Crippen LogP contribution is 2.43. The number of rotatable bonds is 3. The third-order valence-electron chi connectivity index (χ3n) is 3.52. The number of ether oxygens (including phenoxy) is 3. The number of hydrogen-bond donors (Lipinski definition) is 1. The van der Waals surface area contributed by atoms with Crippen molar-refractivity contribution in [3.8, 4) is 28.6 Å². The van der Waals surface area contributed by atoms with Crippen molar-refractivity contribution in [1.82, 2.24) is 9.97 Å². The van der Waals surface area contributed by atoms with Crippen molar-refractivity contribution in [2.45, 2.75) is 20.3 Å². The van der Waals surface area contributed by atoms with Crippen LogP contribution in [0.3, 0.4) is 0 Å². The van der Waals surface area contributed by atoms with E-state index in [1.165, 1.54) is 0 Å². The molecule has 0 atom stereocenters. The second-order valence-corrected chi connectivity index (χ2v) is 4.75. The standard InChI is InChI=1S/C15H16N2O4/c1-4-10-8(2)15(18)17-14(16-10)9-5-11(19-3)13-12(6-9)20-7-21-13/h5-6H,4,7H2,1-3H3,(H,16,17,18). The Kier molecular flexibility index (Phi) is 3.29. The molecule has 0 radical (unpaired) electrons. The maximum absolute atomic E-state index is 12.0. The molecule has 0 fully saturated rings. The molecule has 0 aliphatic carbocycles. The Hall–Kier alpha value is -2.50. The van der Waals surface area contributed by atoms with E-state index in [2.05, 4.69) is 9.97 Å². The molecule has 1 aromatic carbocycles. The zero-order chi connectivity index (χ0) is 15.0. The van der Waals surface area contributed by atoms with Gasteiger partial charge in [-0.25, -0.2) is 4.98 Å². The molecular weight excluding hydrogens is 272 g/mol. The maximum atomic E-state index is 12.0. The fourth-order valence-electron chi connectivity index (χ4n) is 2.33. The number of benzene rings is 1. The Morgan fingerprint density at radius 3 is 2.90 bits per heavy atom. The zero-order valence-electron chi connectivity index (χ0n) is 12.1. The van der Waals surface area contributed by atoms with Gasteiger partial charge < -0.3 is 19.2 Å². The van der Waals surface area contributed by atoms with E-state index in [1.807, 2.05) is 6.92 Å². The van der Waals surface area contributed by atoms with Crippen molar-refractivity contribution < 1.29 is 14.2 Å². The number of aromatic nitrogens is 2. The van der Waals surface area contributed by atoms with Gasteiger partial charge in [-0.2, -0.15) is 0 Å². The van der Waals surface area contributed by atoms with Gasteiger partial charge in [0.25, 0.3) is 5.56 Å². The first-order chi connectivity index (χ1) is 10.1. The number of nitrogens with one attached hydrogen (secondary N) is 1. The average Bonchev–Trinajstić information content (AvgIpc) is 2.97. The molecule has 2 aromatic rings. The molecule has 1 aliphatic rings. The third kappa shape index (κ3) is 2.22. The van der Waals surface area contributed by atoms with Gasteiger partial charge in [-0.3, -0.25) is 4.79 Å². The largest absolute Gasteiger partial charge is 0.493 e. The lowest BCUT2D eigenvalue weighted by atomic mass is 10.1. The van der Waals surface area contributed by atoms with E-state index in [-0.39, 0.29) is 12.4 Å². The maximum Gasteiger partial charge on any atom is 0.254 e. The number of hydrogen-bond acceptors (Lipinski definition) is 5. The normalized spacial score (nSPS) is 12.5. The molecule has 0 bridgehead atoms. The number of aryl methyl sites for hydroxylation is 1. The topological polar surface area (TPSA) is 73.4 Å². The summed E-state index contributed by atoms with van der Waals surface area (Å²) in [7, 11) is 1.56. The van der Waals surface area contributed by atoms with E-state index in [9.17, 15) is 4.79 Å². The van der Waals surface area contributed by atoms with Gasteiger partial charge in [0.1, 0.15) is 5.82 Å². The summed E-state index contributed by atoms with van der Waals surface area (Å²) in [6.45, 7) is 3.90. The highest BCUT2D eigenvalue weighted by Gasteiger charge is 2.21. The Labute approximate surface area is 121 Å². The Bertz CT molecular complexity index is 752. The van der Waals surface area contributed by atoms with Crippen LogP contribution in [0.4, 0.5) is 0 Å². The minimum Gasteiger partial charge on any atom is -0.493 e. The molecule has 0 spiro atoms. The molecule has 1 aliphatic heterocycles. The molecule has 0 saturated carbocycles. The summed E-state index contributed by atoms with van der Waals surface area (Å²) in [4.78, 5) is 19.3. The van der Waals surface area contributed by atoms with Gasteiger partial charge in [0, 0.05) is 11.1 Å². The quantitative estimate of drug-likeness (QED) is 0.935. The van der Waals surface area contributed by atoms with E-state index in [0.717, 1.165) is 11.3 Å². The SMILES string of the molecule is CCc1nc(-c2cc(OC)c3c(c2)OCO3)[nH]c(=O)c1C. The lowest BCUT2D eigenvalue weighted by Gasteiger charge is -2.09. The van der Waals surface area contributed by atoms with Crippen LogP contribution in [0.2, 0.25) is 0 Å². The predicted octanol–water partition coefficient (Wildman–Crippen LogP) is 2.05. The molecule has 110 valence electrons. The van der Waals surface area contributed by atoms with E-state index in [4.69, 9.17) is 14.2 Å². The van der Waals surface area contributed by atoms with Crippen LogP contribution in [0.1, 0.15) is 18.2 Å². The summed E-state index contributed by atoms with van der Waals surface area (Å²) in [6.07, 6.45) is 0.699. The van der Waals surface area contributed by atoms with Crippen LogP contribution in [0.25, 0.3) is 11.4 Å². The molecule has 0 amide bonds. The summed E-state index contributed by atoms with van der Waals surface area (Å²) < 4.78 is 16.1. The van der Waals surface area contributed by atoms with E-state index >= 15 is 0 Å². The molecule has 6 nitrogen and oxygen atoms in total. The van der Waals surface area contributed by atoms with Crippen LogP contribution in [0, 0.1) is 6.92 Å². The third-order valence-corrected chi connectivity index (χ3v) is 3.52. The summed E-state index contributed by atoms with van der Waals surface area (Å²) in [6, 6.07) is 3.57. The van der Waals surface area contributed by atoms with Gasteiger partial charge in [-0.1, -0.05) is 6.92 Å². The van der Waals surface area contributed by atoms with Gasteiger partial charge in [-0.15, -0.1) is 0 Å². The predicted molar refractivity (Wildman–Crippen MR) is 77.1 cm³/mol. The van der Waals surface area contributed by atoms with Crippen molar-refractivity contribution in [1.29, 1.82) is 0 Å². The van der Waals surface area contributed by atoms with Crippen LogP contribution >= 0.6 is 0 Å². The molecule has 6 heteroatoms. The lowest BCUT2D eigenvalue weighted by Crippen LogP contribution is -2.15. The Morgan fingerprint density at radius 1 is 1.38 bits per heavy atom. The second kappa shape index (κ2) is 5.12. The van der Waals surface area contributed by atoms with Crippen LogP contribution in [-0.4, -0.2) is 23.9 Å². The van der Waals surface area contributed by atoms with Crippen molar-refractivity contribution >= 4 is 0 Å². The van der Waals surface area contributed by atoms with Crippen LogP contribution in [0.15, 0.2) is 16.9 Å². The highest BCUT2D eigenvalue weighted by molar-refractivity contribution is 5.67. The summed E-state index contributed by atoms with van der Waals surface area (Å²) in [5, 5.41) is 0. The van der Waals surface area contributed by atoms with Crippen molar-refractivity contribution in [3.63, 3.8) is 0 Å². The number of methoxy groups -OCH3 is 1. The van der Waals surface area contributed by atoms with Crippen LogP contribution < -0.4 is 19.8 Å². The fourth-order valence-corrected chi connectivity index (χ4v) is 2.33. The van der Waals surface area contributed by atoms with E-state index < -0.39 is 0 Å². The first kappa shape index (κ1) is 13.5. The number of aromatic amines is 1. The van der Waals surface area contributed by atoms with Gasteiger partial charge >= 0.3 is 0 Å². The van der Waals surface area contributed by atoms with Crippen molar-refractivity contribution in [3.05, 3.63) is 33.7 Å². The first-order valence-electron chi connectivity index (χ1n) is 6.71. The minimum absolute atomic E-state index is 0.131. The van der Waals surface area contributed by atoms with Gasteiger partial charge in [0.15, 0.2) is 11.5 Å². The smallest absolute Gasteiger partial charge is 0.254 e. The summed E-state index contributed by atoms with van der Waals surface area (Å²) in [5.74, 6) is 2.22. The van der Waals surface area contributed by atoms with Crippen LogP contribution in [0.5, 0.6) is 17.2 Å². The van der Waals surface area contributed by atoms with Crippen LogP contribution in [-0.2, 0) is 6.42 Å². The molecular formula is C15H16N2O4. The van der Waals surface area contributed by atoms with E-state index in [1.54, 1.807) is 26.2 Å². The van der Waals surface area contributed by atoms with E-state index in [0.29, 0.717) is 35.1 Å². The summed E-state index contributed by atoms with van der Waals surface area (Å²) in [5.41, 5.74) is 2.02. The molecule has 1 N–H and O–H groups in total. The van der Waals surface area contributed by atoms with Crippen molar-refractivity contribution in [2.75, 3.05) is 13.9 Å². The lowest BCUT2D eigenvalue weighted by molar-refractivity contribution is 0.171. The molecule has 21 heavy (non-hydrogen) atoms. The first-order valence-corrected chi connectivity index (χ1v) is 6.71. The highest BCUT2D eigenvalue weighted by atomic mass is 16.7. The van der Waals surface area contributed by atoms with Gasteiger partial charge in [-0.05, 0) is 25.5 Å². The van der Waals surface area contributed by atoms with Gasteiger partial charge in [0.05, 0.1) is 12.8 Å². The summed E-state index contributed by atoms with van der Waals surface area (Å²) >= 11 is 0. The molecule has 3 rings (SSSR count). The average molecular weight is 288 g/mol. The Balaban J connectivity index is 2.17. The zero-order valence-corrected chi connectivity index (χ0v) is 12.1. The van der Waals surface area contributed by atoms with Gasteiger partial charge in [0.2, 0.25) is 12.5 Å². The molecule has 0 unspecified atom stereocenters. The second-order valence-electron chi connectivity index (χ2n) is 4.75. The molecule has 1 aromatic heterocycles. The Morgan fingerprint density at radius 2 is 2.19 bits per heavy atom. The fraction of sp³-hybridized carbons (Fsp3) is 0.333. The molecule has 0 saturated heterocycles.